The average Bonchev–Trinajstić information content (AvgIpc) is 3.19. The number of para-hydroxylation sites is 1. The zero-order valence-electron chi connectivity index (χ0n) is 16.2. The third kappa shape index (κ3) is 3.21. The van der Waals surface area contributed by atoms with E-state index in [1.165, 1.54) is 0 Å². The summed E-state index contributed by atoms with van der Waals surface area (Å²) in [4.78, 5) is 4.81. The highest BCUT2D eigenvalue weighted by molar-refractivity contribution is 7.92. The molecule has 0 fully saturated rings. The van der Waals surface area contributed by atoms with Crippen LogP contribution >= 0.6 is 0 Å². The minimum Gasteiger partial charge on any atom is -0.435 e. The Morgan fingerprint density at radius 3 is 2.40 bits per heavy atom. The Morgan fingerprint density at radius 2 is 1.57 bits per heavy atom. The number of rotatable bonds is 4. The van der Waals surface area contributed by atoms with Gasteiger partial charge in [0.05, 0.1) is 16.1 Å². The van der Waals surface area contributed by atoms with Gasteiger partial charge in [0.15, 0.2) is 5.58 Å². The van der Waals surface area contributed by atoms with Crippen molar-refractivity contribution in [2.24, 2.45) is 0 Å². The predicted octanol–water partition coefficient (Wildman–Crippen LogP) is 5.76. The normalized spacial score (nSPS) is 11.8. The van der Waals surface area contributed by atoms with Crippen molar-refractivity contribution in [1.82, 2.24) is 4.98 Å². The first-order valence-electron chi connectivity index (χ1n) is 9.48. The summed E-state index contributed by atoms with van der Waals surface area (Å²) in [7, 11) is -3.74. The molecule has 5 aromatic rings. The fraction of sp³-hybridized carbons (Fsp3) is 0.0417. The summed E-state index contributed by atoms with van der Waals surface area (Å²) in [6, 6.07) is 25.6. The third-order valence-corrected chi connectivity index (χ3v) is 6.39. The van der Waals surface area contributed by atoms with Gasteiger partial charge in [0.2, 0.25) is 5.89 Å². The summed E-state index contributed by atoms with van der Waals surface area (Å²) >= 11 is 0. The van der Waals surface area contributed by atoms with E-state index in [2.05, 4.69) is 9.71 Å². The molecule has 6 heteroatoms. The second kappa shape index (κ2) is 7.00. The SMILES string of the molecule is Cc1ccc(S(=O)(=O)Nc2ccccc2-c2nc3ccc4ccccc4c3o2)cc1. The van der Waals surface area contributed by atoms with Crippen molar-refractivity contribution in [3.05, 3.63) is 90.5 Å². The molecule has 0 saturated heterocycles. The Kier molecular flexibility index (Phi) is 4.29. The van der Waals surface area contributed by atoms with Gasteiger partial charge in [0.1, 0.15) is 5.52 Å². The number of sulfonamides is 1. The van der Waals surface area contributed by atoms with Gasteiger partial charge in [-0.3, -0.25) is 4.72 Å². The number of hydrogen-bond donors (Lipinski definition) is 1. The molecule has 4 aromatic carbocycles. The fourth-order valence-corrected chi connectivity index (χ4v) is 4.53. The summed E-state index contributed by atoms with van der Waals surface area (Å²) in [5, 5.41) is 2.02. The highest BCUT2D eigenvalue weighted by Crippen LogP contribution is 2.34. The first-order chi connectivity index (χ1) is 14.5. The molecular formula is C24H18N2O3S. The number of benzene rings is 4. The summed E-state index contributed by atoms with van der Waals surface area (Å²) < 4.78 is 34.5. The van der Waals surface area contributed by atoms with E-state index in [4.69, 9.17) is 4.42 Å². The molecule has 0 aliphatic rings. The van der Waals surface area contributed by atoms with Crippen LogP contribution in [0.4, 0.5) is 5.69 Å². The van der Waals surface area contributed by atoms with Gasteiger partial charge in [-0.2, -0.15) is 0 Å². The Balaban J connectivity index is 1.60. The quantitative estimate of drug-likeness (QED) is 0.406. The van der Waals surface area contributed by atoms with Crippen LogP contribution in [-0.4, -0.2) is 13.4 Å². The lowest BCUT2D eigenvalue weighted by Gasteiger charge is -2.11. The first-order valence-corrected chi connectivity index (χ1v) is 11.0. The lowest BCUT2D eigenvalue weighted by molar-refractivity contribution is 0.601. The van der Waals surface area contributed by atoms with Gasteiger partial charge in [-0.05, 0) is 42.6 Å². The Hall–Kier alpha value is -3.64. The van der Waals surface area contributed by atoms with E-state index in [0.29, 0.717) is 22.7 Å². The smallest absolute Gasteiger partial charge is 0.261 e. The van der Waals surface area contributed by atoms with E-state index in [9.17, 15) is 8.42 Å². The lowest BCUT2D eigenvalue weighted by Crippen LogP contribution is -2.13. The van der Waals surface area contributed by atoms with Crippen molar-refractivity contribution in [1.29, 1.82) is 0 Å². The van der Waals surface area contributed by atoms with Crippen molar-refractivity contribution >= 4 is 37.6 Å². The molecule has 30 heavy (non-hydrogen) atoms. The minimum atomic E-state index is -3.74. The fourth-order valence-electron chi connectivity index (χ4n) is 3.45. The highest BCUT2D eigenvalue weighted by Gasteiger charge is 2.19. The number of anilines is 1. The van der Waals surface area contributed by atoms with Gasteiger partial charge >= 0.3 is 0 Å². The van der Waals surface area contributed by atoms with Gasteiger partial charge in [0.25, 0.3) is 10.0 Å². The maximum Gasteiger partial charge on any atom is 0.261 e. The molecule has 0 amide bonds. The molecule has 0 aliphatic heterocycles. The maximum absolute atomic E-state index is 12.9. The van der Waals surface area contributed by atoms with E-state index < -0.39 is 10.0 Å². The van der Waals surface area contributed by atoms with Crippen LogP contribution in [0.15, 0.2) is 94.2 Å². The molecule has 0 aliphatic carbocycles. The van der Waals surface area contributed by atoms with Gasteiger partial charge in [0, 0.05) is 5.39 Å². The molecule has 5 rings (SSSR count). The number of aromatic nitrogens is 1. The highest BCUT2D eigenvalue weighted by atomic mass is 32.2. The van der Waals surface area contributed by atoms with E-state index in [1.54, 1.807) is 42.5 Å². The molecule has 5 nitrogen and oxygen atoms in total. The molecule has 148 valence electrons. The molecule has 0 saturated carbocycles. The number of nitrogens with zero attached hydrogens (tertiary/aromatic N) is 1. The van der Waals surface area contributed by atoms with Crippen LogP contribution in [0.2, 0.25) is 0 Å². The standard InChI is InChI=1S/C24H18N2O3S/c1-16-10-13-18(14-11-16)30(27,28)26-21-9-5-4-8-20(21)24-25-22-15-12-17-6-2-3-7-19(17)23(22)29-24/h2-15,26H,1H3. The molecule has 0 unspecified atom stereocenters. The van der Waals surface area contributed by atoms with Crippen molar-refractivity contribution in [2.75, 3.05) is 4.72 Å². The summed E-state index contributed by atoms with van der Waals surface area (Å²) in [5.41, 5.74) is 3.38. The van der Waals surface area contributed by atoms with Crippen LogP contribution in [-0.2, 0) is 10.0 Å². The van der Waals surface area contributed by atoms with Crippen LogP contribution < -0.4 is 4.72 Å². The van der Waals surface area contributed by atoms with Crippen molar-refractivity contribution < 1.29 is 12.8 Å². The van der Waals surface area contributed by atoms with Gasteiger partial charge in [-0.15, -0.1) is 0 Å². The molecule has 0 spiro atoms. The molecule has 0 atom stereocenters. The van der Waals surface area contributed by atoms with Crippen LogP contribution in [0.5, 0.6) is 0 Å². The summed E-state index contributed by atoms with van der Waals surface area (Å²) in [6.45, 7) is 1.91. The van der Waals surface area contributed by atoms with Gasteiger partial charge in [-0.25, -0.2) is 13.4 Å². The van der Waals surface area contributed by atoms with E-state index in [0.717, 1.165) is 21.9 Å². The lowest BCUT2D eigenvalue weighted by atomic mass is 10.1. The van der Waals surface area contributed by atoms with Crippen LogP contribution in [0.1, 0.15) is 5.56 Å². The number of nitrogens with one attached hydrogen (secondary N) is 1. The molecule has 0 bridgehead atoms. The second-order valence-electron chi connectivity index (χ2n) is 7.12. The van der Waals surface area contributed by atoms with Crippen LogP contribution in [0, 0.1) is 6.92 Å². The second-order valence-corrected chi connectivity index (χ2v) is 8.80. The van der Waals surface area contributed by atoms with Gasteiger partial charge < -0.3 is 4.42 Å². The minimum absolute atomic E-state index is 0.200. The van der Waals surface area contributed by atoms with Crippen molar-refractivity contribution in [3.63, 3.8) is 0 Å². The van der Waals surface area contributed by atoms with Crippen molar-refractivity contribution in [2.45, 2.75) is 11.8 Å². The number of oxazole rings is 1. The van der Waals surface area contributed by atoms with Crippen molar-refractivity contribution in [3.8, 4) is 11.5 Å². The number of fused-ring (bicyclic) bond motifs is 3. The summed E-state index contributed by atoms with van der Waals surface area (Å²) in [5.74, 6) is 0.364. The van der Waals surface area contributed by atoms with Crippen LogP contribution in [0.3, 0.4) is 0 Å². The molecule has 1 aromatic heterocycles. The number of aryl methyl sites for hydroxylation is 1. The van der Waals surface area contributed by atoms with Crippen LogP contribution in [0.25, 0.3) is 33.3 Å². The molecule has 0 radical (unpaired) electrons. The third-order valence-electron chi connectivity index (χ3n) is 5.01. The number of hydrogen-bond acceptors (Lipinski definition) is 4. The predicted molar refractivity (Wildman–Crippen MR) is 119 cm³/mol. The van der Waals surface area contributed by atoms with E-state index >= 15 is 0 Å². The first kappa shape index (κ1) is 18.4. The Morgan fingerprint density at radius 1 is 0.833 bits per heavy atom. The van der Waals surface area contributed by atoms with Gasteiger partial charge in [-0.1, -0.05) is 60.2 Å². The largest absolute Gasteiger partial charge is 0.435 e. The average molecular weight is 414 g/mol. The Labute approximate surface area is 174 Å². The topological polar surface area (TPSA) is 72.2 Å². The monoisotopic (exact) mass is 414 g/mol. The maximum atomic E-state index is 12.9. The zero-order chi connectivity index (χ0) is 20.7. The zero-order valence-corrected chi connectivity index (χ0v) is 17.0. The molecule has 1 heterocycles. The summed E-state index contributed by atoms with van der Waals surface area (Å²) in [6.07, 6.45) is 0. The Bertz CT molecular complexity index is 1490. The molecular weight excluding hydrogens is 396 g/mol. The van der Waals surface area contributed by atoms with E-state index in [1.807, 2.05) is 49.4 Å². The van der Waals surface area contributed by atoms with E-state index in [-0.39, 0.29) is 4.90 Å². The molecule has 1 N–H and O–H groups in total.